The summed E-state index contributed by atoms with van der Waals surface area (Å²) in [6.45, 7) is 0.223. The van der Waals surface area contributed by atoms with E-state index in [1.54, 1.807) is 0 Å². The van der Waals surface area contributed by atoms with Crippen LogP contribution in [0.3, 0.4) is 0 Å². The minimum atomic E-state index is -1.05. The van der Waals surface area contributed by atoms with E-state index in [9.17, 15) is 4.79 Å². The fourth-order valence-corrected chi connectivity index (χ4v) is 1.06. The van der Waals surface area contributed by atoms with E-state index in [0.29, 0.717) is 0 Å². The Bertz CT molecular complexity index is 161. The lowest BCUT2D eigenvalue weighted by atomic mass is 10.1. The van der Waals surface area contributed by atoms with Crippen molar-refractivity contribution in [3.05, 3.63) is 0 Å². The highest BCUT2D eigenvalue weighted by molar-refractivity contribution is 5.77. The Hall–Kier alpha value is -0.650. The standard InChI is InChI=1S/C6H11NO4/c1-11-6(10)4-5(9)3(8)2-7-4/h3-5,7-9H,2H2,1H3/t3-,4-,5-/m1/s1. The molecule has 11 heavy (non-hydrogen) atoms. The number of hydrogen-bond acceptors (Lipinski definition) is 5. The van der Waals surface area contributed by atoms with E-state index in [-0.39, 0.29) is 6.54 Å². The maximum absolute atomic E-state index is 10.8. The Labute approximate surface area is 64.0 Å². The summed E-state index contributed by atoms with van der Waals surface area (Å²) in [5.74, 6) is -0.547. The van der Waals surface area contributed by atoms with Crippen molar-refractivity contribution in [3.63, 3.8) is 0 Å². The molecule has 64 valence electrons. The Balaban J connectivity index is 2.54. The van der Waals surface area contributed by atoms with Crippen LogP contribution in [-0.2, 0) is 9.53 Å². The number of β-amino-alcohol motifs (C(OH)–C–C–N with tert-alkyl or cyclic N) is 1. The first-order valence-corrected chi connectivity index (χ1v) is 3.34. The maximum atomic E-state index is 10.8. The highest BCUT2D eigenvalue weighted by atomic mass is 16.5. The van der Waals surface area contributed by atoms with E-state index in [2.05, 4.69) is 10.1 Å². The monoisotopic (exact) mass is 161 g/mol. The van der Waals surface area contributed by atoms with Gasteiger partial charge in [0, 0.05) is 6.54 Å². The maximum Gasteiger partial charge on any atom is 0.325 e. The summed E-state index contributed by atoms with van der Waals surface area (Å²) >= 11 is 0. The first kappa shape index (κ1) is 8.45. The number of ether oxygens (including phenoxy) is 1. The molecule has 0 bridgehead atoms. The fourth-order valence-electron chi connectivity index (χ4n) is 1.06. The van der Waals surface area contributed by atoms with Crippen molar-refractivity contribution in [2.24, 2.45) is 0 Å². The van der Waals surface area contributed by atoms with Gasteiger partial charge in [-0.3, -0.25) is 10.1 Å². The molecular formula is C6H11NO4. The van der Waals surface area contributed by atoms with E-state index < -0.39 is 24.2 Å². The molecule has 0 spiro atoms. The molecule has 0 aromatic rings. The zero-order valence-corrected chi connectivity index (χ0v) is 6.15. The van der Waals surface area contributed by atoms with Gasteiger partial charge < -0.3 is 14.9 Å². The van der Waals surface area contributed by atoms with Crippen LogP contribution in [0.15, 0.2) is 0 Å². The summed E-state index contributed by atoms with van der Waals surface area (Å²) in [6, 6.07) is -0.782. The molecule has 3 N–H and O–H groups in total. The van der Waals surface area contributed by atoms with Crippen molar-refractivity contribution < 1.29 is 19.7 Å². The summed E-state index contributed by atoms with van der Waals surface area (Å²) in [5, 5.41) is 20.8. The second kappa shape index (κ2) is 3.17. The smallest absolute Gasteiger partial charge is 0.325 e. The van der Waals surface area contributed by atoms with Gasteiger partial charge in [-0.15, -0.1) is 0 Å². The van der Waals surface area contributed by atoms with Crippen LogP contribution in [0.2, 0.25) is 0 Å². The fraction of sp³-hybridized carbons (Fsp3) is 0.833. The number of carbonyl (C=O) groups is 1. The van der Waals surface area contributed by atoms with Gasteiger partial charge in [0.15, 0.2) is 0 Å². The predicted octanol–water partition coefficient (Wildman–Crippen LogP) is -2.15. The number of carbonyl (C=O) groups excluding carboxylic acids is 1. The average molecular weight is 161 g/mol. The molecule has 0 saturated carbocycles. The van der Waals surface area contributed by atoms with Gasteiger partial charge in [-0.2, -0.15) is 0 Å². The van der Waals surface area contributed by atoms with Crippen molar-refractivity contribution in [1.29, 1.82) is 0 Å². The second-order valence-corrected chi connectivity index (χ2v) is 2.47. The minimum absolute atomic E-state index is 0.223. The van der Waals surface area contributed by atoms with Gasteiger partial charge in [0.05, 0.1) is 13.2 Å². The molecule has 1 aliphatic heterocycles. The summed E-state index contributed by atoms with van der Waals surface area (Å²) in [4.78, 5) is 10.8. The quantitative estimate of drug-likeness (QED) is 0.382. The minimum Gasteiger partial charge on any atom is -0.468 e. The van der Waals surface area contributed by atoms with Gasteiger partial charge in [-0.25, -0.2) is 0 Å². The second-order valence-electron chi connectivity index (χ2n) is 2.47. The Morgan fingerprint density at radius 1 is 1.64 bits per heavy atom. The highest BCUT2D eigenvalue weighted by Gasteiger charge is 2.38. The Morgan fingerprint density at radius 3 is 2.64 bits per heavy atom. The van der Waals surface area contributed by atoms with Crippen LogP contribution in [0.1, 0.15) is 0 Å². The number of aliphatic hydroxyl groups is 2. The van der Waals surface area contributed by atoms with Gasteiger partial charge in [0.1, 0.15) is 12.1 Å². The van der Waals surface area contributed by atoms with Crippen molar-refractivity contribution >= 4 is 5.97 Å². The number of aliphatic hydroxyl groups excluding tert-OH is 2. The van der Waals surface area contributed by atoms with Crippen LogP contribution in [0, 0.1) is 0 Å². The van der Waals surface area contributed by atoms with Gasteiger partial charge in [0.25, 0.3) is 0 Å². The summed E-state index contributed by atoms with van der Waals surface area (Å²) in [6.07, 6.45) is -1.93. The first-order chi connectivity index (χ1) is 5.16. The van der Waals surface area contributed by atoms with Crippen LogP contribution in [0.4, 0.5) is 0 Å². The molecule has 1 aliphatic rings. The Kier molecular flexibility index (Phi) is 2.43. The number of esters is 1. The third-order valence-electron chi connectivity index (χ3n) is 1.74. The lowest BCUT2D eigenvalue weighted by Gasteiger charge is -2.12. The topological polar surface area (TPSA) is 78.8 Å². The number of rotatable bonds is 1. The average Bonchev–Trinajstić information content (AvgIpc) is 2.32. The molecular weight excluding hydrogens is 150 g/mol. The third-order valence-corrected chi connectivity index (χ3v) is 1.74. The van der Waals surface area contributed by atoms with Gasteiger partial charge in [0.2, 0.25) is 0 Å². The number of hydrogen-bond donors (Lipinski definition) is 3. The van der Waals surface area contributed by atoms with Gasteiger partial charge >= 0.3 is 5.97 Å². The first-order valence-electron chi connectivity index (χ1n) is 3.34. The number of methoxy groups -OCH3 is 1. The number of nitrogens with one attached hydrogen (secondary N) is 1. The van der Waals surface area contributed by atoms with Crippen LogP contribution in [0.25, 0.3) is 0 Å². The van der Waals surface area contributed by atoms with Crippen LogP contribution >= 0.6 is 0 Å². The van der Waals surface area contributed by atoms with Crippen LogP contribution < -0.4 is 5.32 Å². The molecule has 0 aromatic carbocycles. The summed E-state index contributed by atoms with van der Waals surface area (Å²) in [5.41, 5.74) is 0. The van der Waals surface area contributed by atoms with E-state index >= 15 is 0 Å². The van der Waals surface area contributed by atoms with Crippen molar-refractivity contribution in [3.8, 4) is 0 Å². The van der Waals surface area contributed by atoms with E-state index in [0.717, 1.165) is 0 Å². The predicted molar refractivity (Wildman–Crippen MR) is 35.8 cm³/mol. The highest BCUT2D eigenvalue weighted by Crippen LogP contribution is 2.08. The molecule has 0 aliphatic carbocycles. The molecule has 1 fully saturated rings. The molecule has 0 aromatic heterocycles. The molecule has 1 saturated heterocycles. The van der Waals surface area contributed by atoms with Crippen molar-refractivity contribution in [2.75, 3.05) is 13.7 Å². The zero-order chi connectivity index (χ0) is 8.43. The van der Waals surface area contributed by atoms with E-state index in [4.69, 9.17) is 10.2 Å². The van der Waals surface area contributed by atoms with E-state index in [1.165, 1.54) is 7.11 Å². The zero-order valence-electron chi connectivity index (χ0n) is 6.15. The molecule has 3 atom stereocenters. The lowest BCUT2D eigenvalue weighted by molar-refractivity contribution is -0.145. The van der Waals surface area contributed by atoms with Crippen LogP contribution in [0.5, 0.6) is 0 Å². The Morgan fingerprint density at radius 2 is 2.27 bits per heavy atom. The largest absolute Gasteiger partial charge is 0.468 e. The van der Waals surface area contributed by atoms with Gasteiger partial charge in [-0.05, 0) is 0 Å². The molecule has 0 amide bonds. The summed E-state index contributed by atoms with van der Waals surface area (Å²) < 4.78 is 4.38. The van der Waals surface area contributed by atoms with E-state index in [1.807, 2.05) is 0 Å². The summed E-state index contributed by atoms with van der Waals surface area (Å²) in [7, 11) is 1.24. The molecule has 0 radical (unpaired) electrons. The molecule has 5 nitrogen and oxygen atoms in total. The third kappa shape index (κ3) is 1.50. The molecule has 0 unspecified atom stereocenters. The van der Waals surface area contributed by atoms with Crippen molar-refractivity contribution in [2.45, 2.75) is 18.2 Å². The lowest BCUT2D eigenvalue weighted by Crippen LogP contribution is -2.40. The molecule has 5 heteroatoms. The van der Waals surface area contributed by atoms with Crippen LogP contribution in [-0.4, -0.2) is 48.1 Å². The normalized spacial score (nSPS) is 37.2. The molecule has 1 heterocycles. The SMILES string of the molecule is COC(=O)[C@@H]1NC[C@@H](O)[C@H]1O. The van der Waals surface area contributed by atoms with Crippen molar-refractivity contribution in [1.82, 2.24) is 5.32 Å². The molecule has 1 rings (SSSR count). The van der Waals surface area contributed by atoms with Gasteiger partial charge in [-0.1, -0.05) is 0 Å².